The lowest BCUT2D eigenvalue weighted by atomic mass is 10.1. The Morgan fingerprint density at radius 1 is 1.14 bits per heavy atom. The first-order valence-electron chi connectivity index (χ1n) is 9.07. The molecular weight excluding hydrogens is 374 g/mol. The first-order valence-corrected chi connectivity index (χ1v) is 10.9. The average molecular weight is 395 g/mol. The molecule has 4 rings (SSSR count). The van der Waals surface area contributed by atoms with Crippen molar-refractivity contribution < 1.29 is 13.2 Å². The zero-order valence-electron chi connectivity index (χ0n) is 15.5. The number of para-hydroxylation sites is 1. The van der Waals surface area contributed by atoms with Gasteiger partial charge in [0, 0.05) is 23.5 Å². The fourth-order valence-electron chi connectivity index (χ4n) is 3.25. The summed E-state index contributed by atoms with van der Waals surface area (Å²) in [6.45, 7) is 0. The van der Waals surface area contributed by atoms with Gasteiger partial charge < -0.3 is 4.74 Å². The Kier molecular flexibility index (Phi) is 5.00. The van der Waals surface area contributed by atoms with Gasteiger partial charge in [0.1, 0.15) is 11.4 Å². The van der Waals surface area contributed by atoms with Gasteiger partial charge in [0.2, 0.25) is 0 Å². The molecule has 0 saturated carbocycles. The van der Waals surface area contributed by atoms with Gasteiger partial charge in [-0.25, -0.2) is 13.1 Å². The molecule has 28 heavy (non-hydrogen) atoms. The molecule has 144 valence electrons. The maximum Gasteiger partial charge on any atom is 0.152 e. The van der Waals surface area contributed by atoms with Gasteiger partial charge in [-0.15, -0.1) is 0 Å². The van der Waals surface area contributed by atoms with Crippen LogP contribution in [-0.2, 0) is 9.84 Å². The van der Waals surface area contributed by atoms with E-state index in [-0.39, 0.29) is 17.5 Å². The third-order valence-corrected chi connectivity index (χ3v) is 6.51. The highest BCUT2D eigenvalue weighted by Crippen LogP contribution is 2.25. The van der Waals surface area contributed by atoms with E-state index in [0.29, 0.717) is 6.42 Å². The Morgan fingerprint density at radius 3 is 2.54 bits per heavy atom. The highest BCUT2D eigenvalue weighted by atomic mass is 32.2. The normalized spacial score (nSPS) is 18.5. The number of benzene rings is 2. The second kappa shape index (κ2) is 7.59. The van der Waals surface area contributed by atoms with Gasteiger partial charge in [-0.1, -0.05) is 18.2 Å². The SMILES string of the molecule is COc1ccc(-c2nn(-c3ccccc3)cc2C=N[C@@H]2CCS(=O)(=O)C2)cc1. The van der Waals surface area contributed by atoms with Crippen LogP contribution in [0.2, 0.25) is 0 Å². The van der Waals surface area contributed by atoms with Crippen LogP contribution in [0.25, 0.3) is 16.9 Å². The molecule has 1 saturated heterocycles. The molecule has 0 spiro atoms. The van der Waals surface area contributed by atoms with Gasteiger partial charge in [0.25, 0.3) is 0 Å². The number of nitrogens with zero attached hydrogens (tertiary/aromatic N) is 3. The van der Waals surface area contributed by atoms with E-state index in [0.717, 1.165) is 28.3 Å². The van der Waals surface area contributed by atoms with E-state index in [4.69, 9.17) is 9.84 Å². The van der Waals surface area contributed by atoms with Crippen LogP contribution in [0.3, 0.4) is 0 Å². The molecule has 0 radical (unpaired) electrons. The number of hydrogen-bond donors (Lipinski definition) is 0. The average Bonchev–Trinajstić information content (AvgIpc) is 3.30. The number of rotatable bonds is 5. The second-order valence-corrected chi connectivity index (χ2v) is 9.01. The summed E-state index contributed by atoms with van der Waals surface area (Å²) in [5.41, 5.74) is 3.52. The molecule has 1 aliphatic rings. The molecular formula is C21H21N3O3S. The summed E-state index contributed by atoms with van der Waals surface area (Å²) < 4.78 is 30.4. The fourth-order valence-corrected chi connectivity index (χ4v) is 4.88. The van der Waals surface area contributed by atoms with Gasteiger partial charge in [-0.3, -0.25) is 4.99 Å². The van der Waals surface area contributed by atoms with Crippen molar-refractivity contribution in [2.75, 3.05) is 18.6 Å². The summed E-state index contributed by atoms with van der Waals surface area (Å²) in [6, 6.07) is 17.3. The largest absolute Gasteiger partial charge is 0.497 e. The summed E-state index contributed by atoms with van der Waals surface area (Å²) in [4.78, 5) is 4.53. The van der Waals surface area contributed by atoms with Crippen LogP contribution in [0.5, 0.6) is 5.75 Å². The Bertz CT molecular complexity index is 1090. The van der Waals surface area contributed by atoms with E-state index < -0.39 is 9.84 Å². The van der Waals surface area contributed by atoms with Crippen molar-refractivity contribution in [3.8, 4) is 22.7 Å². The number of ether oxygens (including phenoxy) is 1. The molecule has 1 fully saturated rings. The predicted molar refractivity (Wildman–Crippen MR) is 110 cm³/mol. The minimum Gasteiger partial charge on any atom is -0.497 e. The molecule has 6 nitrogen and oxygen atoms in total. The van der Waals surface area contributed by atoms with E-state index in [2.05, 4.69) is 4.99 Å². The molecule has 1 aliphatic heterocycles. The molecule has 1 atom stereocenters. The zero-order valence-corrected chi connectivity index (χ0v) is 16.3. The molecule has 1 aromatic heterocycles. The number of aromatic nitrogens is 2. The number of aliphatic imine (C=N–C) groups is 1. The van der Waals surface area contributed by atoms with Crippen LogP contribution in [0, 0.1) is 0 Å². The Hall–Kier alpha value is -2.93. The number of sulfone groups is 1. The molecule has 0 bridgehead atoms. The summed E-state index contributed by atoms with van der Waals surface area (Å²) in [6.07, 6.45) is 4.24. The highest BCUT2D eigenvalue weighted by Gasteiger charge is 2.27. The van der Waals surface area contributed by atoms with Crippen LogP contribution in [-0.4, -0.2) is 49.1 Å². The van der Waals surface area contributed by atoms with Crippen molar-refractivity contribution in [1.82, 2.24) is 9.78 Å². The third kappa shape index (κ3) is 3.99. The lowest BCUT2D eigenvalue weighted by molar-refractivity contribution is 0.415. The quantitative estimate of drug-likeness (QED) is 0.622. The minimum atomic E-state index is -2.96. The van der Waals surface area contributed by atoms with Gasteiger partial charge in [0.05, 0.1) is 30.3 Å². The van der Waals surface area contributed by atoms with Crippen molar-refractivity contribution in [2.45, 2.75) is 12.5 Å². The molecule has 0 unspecified atom stereocenters. The van der Waals surface area contributed by atoms with Crippen molar-refractivity contribution in [3.05, 3.63) is 66.4 Å². The summed E-state index contributed by atoms with van der Waals surface area (Å²) in [5.74, 6) is 1.11. The van der Waals surface area contributed by atoms with Crippen LogP contribution in [0.15, 0.2) is 65.8 Å². The Balaban J connectivity index is 1.71. The first-order chi connectivity index (χ1) is 13.5. The molecule has 0 aliphatic carbocycles. The third-order valence-electron chi connectivity index (χ3n) is 4.76. The maximum atomic E-state index is 11.7. The molecule has 2 heterocycles. The van der Waals surface area contributed by atoms with E-state index in [9.17, 15) is 8.42 Å². The smallest absolute Gasteiger partial charge is 0.152 e. The lowest BCUT2D eigenvalue weighted by Crippen LogP contribution is -2.07. The highest BCUT2D eigenvalue weighted by molar-refractivity contribution is 7.91. The van der Waals surface area contributed by atoms with Crippen LogP contribution in [0.4, 0.5) is 0 Å². The minimum absolute atomic E-state index is 0.119. The lowest BCUT2D eigenvalue weighted by Gasteiger charge is -2.03. The van der Waals surface area contributed by atoms with E-state index in [1.54, 1.807) is 13.3 Å². The monoisotopic (exact) mass is 395 g/mol. The summed E-state index contributed by atoms with van der Waals surface area (Å²) in [5, 5.41) is 4.75. The predicted octanol–water partition coefficient (Wildman–Crippen LogP) is 3.15. The Morgan fingerprint density at radius 2 is 1.89 bits per heavy atom. The van der Waals surface area contributed by atoms with E-state index in [1.165, 1.54) is 0 Å². The van der Waals surface area contributed by atoms with Crippen LogP contribution in [0.1, 0.15) is 12.0 Å². The van der Waals surface area contributed by atoms with Gasteiger partial charge in [-0.05, 0) is 42.8 Å². The van der Waals surface area contributed by atoms with Crippen molar-refractivity contribution in [2.24, 2.45) is 4.99 Å². The number of hydrogen-bond acceptors (Lipinski definition) is 5. The number of methoxy groups -OCH3 is 1. The maximum absolute atomic E-state index is 11.7. The Labute approximate surface area is 164 Å². The fraction of sp³-hybridized carbons (Fsp3) is 0.238. The summed E-state index contributed by atoms with van der Waals surface area (Å²) in [7, 11) is -1.32. The van der Waals surface area contributed by atoms with Crippen LogP contribution >= 0.6 is 0 Å². The van der Waals surface area contributed by atoms with Crippen molar-refractivity contribution in [3.63, 3.8) is 0 Å². The van der Waals surface area contributed by atoms with Gasteiger partial charge in [-0.2, -0.15) is 5.10 Å². The van der Waals surface area contributed by atoms with Gasteiger partial charge in [0.15, 0.2) is 9.84 Å². The molecule has 2 aromatic carbocycles. The molecule has 0 N–H and O–H groups in total. The van der Waals surface area contributed by atoms with Crippen molar-refractivity contribution >= 4 is 16.1 Å². The van der Waals surface area contributed by atoms with Crippen LogP contribution < -0.4 is 4.74 Å². The molecule has 0 amide bonds. The van der Waals surface area contributed by atoms with E-state index in [1.807, 2.05) is 65.5 Å². The van der Waals surface area contributed by atoms with Gasteiger partial charge >= 0.3 is 0 Å². The molecule has 7 heteroatoms. The topological polar surface area (TPSA) is 73.5 Å². The zero-order chi connectivity index (χ0) is 19.6. The second-order valence-electron chi connectivity index (χ2n) is 6.78. The first kappa shape index (κ1) is 18.4. The van der Waals surface area contributed by atoms with Crippen molar-refractivity contribution in [1.29, 1.82) is 0 Å². The summed E-state index contributed by atoms with van der Waals surface area (Å²) >= 11 is 0. The molecule has 3 aromatic rings. The standard InChI is InChI=1S/C21H21N3O3S/c1-27-20-9-7-16(8-10-20)21-17(13-22-18-11-12-28(25,26)15-18)14-24(23-21)19-5-3-2-4-6-19/h2-10,13-14,18H,11-12,15H2,1H3/t18-/m1/s1. The van der Waals surface area contributed by atoms with E-state index >= 15 is 0 Å².